The third-order valence-electron chi connectivity index (χ3n) is 4.00. The van der Waals surface area contributed by atoms with Crippen molar-refractivity contribution in [1.29, 1.82) is 0 Å². The van der Waals surface area contributed by atoms with E-state index < -0.39 is 5.54 Å². The van der Waals surface area contributed by atoms with Gasteiger partial charge in [-0.15, -0.1) is 0 Å². The van der Waals surface area contributed by atoms with Crippen molar-refractivity contribution in [2.45, 2.75) is 38.8 Å². The predicted molar refractivity (Wildman–Crippen MR) is 84.0 cm³/mol. The molecular weight excluding hydrogens is 264 g/mol. The number of carbonyl (C=O) groups excluding carboxylic acids is 1. The maximum absolute atomic E-state index is 12.4. The fourth-order valence-corrected chi connectivity index (χ4v) is 3.11. The highest BCUT2D eigenvalue weighted by molar-refractivity contribution is 5.81. The van der Waals surface area contributed by atoms with Crippen molar-refractivity contribution in [1.82, 2.24) is 10.2 Å². The molecular formula is C17H26N2O2. The zero-order valence-corrected chi connectivity index (χ0v) is 13.1. The van der Waals surface area contributed by atoms with Crippen LogP contribution in [-0.4, -0.2) is 42.6 Å². The Kier molecular flexibility index (Phi) is 5.76. The topological polar surface area (TPSA) is 41.6 Å². The average Bonchev–Trinajstić information content (AvgIpc) is 2.49. The molecule has 1 N–H and O–H groups in total. The van der Waals surface area contributed by atoms with Crippen LogP contribution in [0.4, 0.5) is 0 Å². The summed E-state index contributed by atoms with van der Waals surface area (Å²) in [6.07, 6.45) is 1.86. The van der Waals surface area contributed by atoms with Crippen molar-refractivity contribution in [2.75, 3.05) is 26.2 Å². The highest BCUT2D eigenvalue weighted by Gasteiger charge is 2.42. The molecule has 0 aromatic heterocycles. The average molecular weight is 290 g/mol. The number of likely N-dealkylation sites (N-methyl/N-ethyl adjacent to an activating group) is 1. The number of nitrogens with zero attached hydrogens (tertiary/aromatic N) is 1. The van der Waals surface area contributed by atoms with Crippen LogP contribution < -0.4 is 5.32 Å². The zero-order valence-electron chi connectivity index (χ0n) is 13.1. The van der Waals surface area contributed by atoms with E-state index in [0.717, 1.165) is 32.5 Å². The van der Waals surface area contributed by atoms with Crippen LogP contribution >= 0.6 is 0 Å². The Bertz CT molecular complexity index is 445. The number of nitrogens with one attached hydrogen (secondary N) is 1. The molecule has 1 saturated heterocycles. The summed E-state index contributed by atoms with van der Waals surface area (Å²) in [6, 6.07) is 10.4. The van der Waals surface area contributed by atoms with Gasteiger partial charge < -0.3 is 10.1 Å². The molecule has 116 valence electrons. The van der Waals surface area contributed by atoms with E-state index >= 15 is 0 Å². The van der Waals surface area contributed by atoms with Crippen LogP contribution in [0.2, 0.25) is 0 Å². The minimum absolute atomic E-state index is 0.107. The Balaban J connectivity index is 2.07. The lowest BCUT2D eigenvalue weighted by Crippen LogP contribution is -2.62. The second-order valence-corrected chi connectivity index (χ2v) is 5.63. The van der Waals surface area contributed by atoms with Crippen molar-refractivity contribution in [3.63, 3.8) is 0 Å². The lowest BCUT2D eigenvalue weighted by molar-refractivity contribution is -0.154. The molecule has 0 spiro atoms. The van der Waals surface area contributed by atoms with Gasteiger partial charge in [-0.2, -0.15) is 0 Å². The molecule has 2 rings (SSSR count). The van der Waals surface area contributed by atoms with Crippen LogP contribution in [0.25, 0.3) is 0 Å². The van der Waals surface area contributed by atoms with E-state index in [0.29, 0.717) is 13.2 Å². The number of ether oxygens (including phenoxy) is 1. The maximum atomic E-state index is 12.4. The summed E-state index contributed by atoms with van der Waals surface area (Å²) in [5.74, 6) is -0.107. The second kappa shape index (κ2) is 7.57. The minimum Gasteiger partial charge on any atom is -0.465 e. The van der Waals surface area contributed by atoms with Gasteiger partial charge in [-0.3, -0.25) is 4.90 Å². The standard InChI is InChI=1S/C17H26N2O2/c1-3-18-17(16(20)21-4-2)11-8-12-19(14-17)13-15-9-6-5-7-10-15/h5-7,9-10,18H,3-4,8,11-14H2,1-2H3. The van der Waals surface area contributed by atoms with E-state index in [4.69, 9.17) is 4.74 Å². The molecule has 1 heterocycles. The summed E-state index contributed by atoms with van der Waals surface area (Å²) in [7, 11) is 0. The predicted octanol–water partition coefficient (Wildman–Crippen LogP) is 2.19. The molecule has 21 heavy (non-hydrogen) atoms. The van der Waals surface area contributed by atoms with E-state index in [1.807, 2.05) is 19.9 Å². The fourth-order valence-electron chi connectivity index (χ4n) is 3.11. The number of likely N-dealkylation sites (tertiary alicyclic amines) is 1. The summed E-state index contributed by atoms with van der Waals surface area (Å²) < 4.78 is 5.31. The number of hydrogen-bond donors (Lipinski definition) is 1. The van der Waals surface area contributed by atoms with Crippen LogP contribution in [0.3, 0.4) is 0 Å². The van der Waals surface area contributed by atoms with Gasteiger partial charge in [-0.1, -0.05) is 37.3 Å². The molecule has 4 nitrogen and oxygen atoms in total. The Hall–Kier alpha value is -1.39. The van der Waals surface area contributed by atoms with Gasteiger partial charge in [-0.05, 0) is 38.4 Å². The first-order valence-electron chi connectivity index (χ1n) is 7.88. The first kappa shape index (κ1) is 16.0. The first-order valence-corrected chi connectivity index (χ1v) is 7.88. The molecule has 1 unspecified atom stereocenters. The second-order valence-electron chi connectivity index (χ2n) is 5.63. The number of carbonyl (C=O) groups is 1. The summed E-state index contributed by atoms with van der Waals surface area (Å²) in [5.41, 5.74) is 0.742. The molecule has 0 aliphatic carbocycles. The van der Waals surface area contributed by atoms with Crippen molar-refractivity contribution >= 4 is 5.97 Å². The maximum Gasteiger partial charge on any atom is 0.327 e. The van der Waals surface area contributed by atoms with Gasteiger partial charge in [0.15, 0.2) is 0 Å². The van der Waals surface area contributed by atoms with Crippen LogP contribution in [0.15, 0.2) is 30.3 Å². The molecule has 0 radical (unpaired) electrons. The van der Waals surface area contributed by atoms with Gasteiger partial charge in [0.1, 0.15) is 5.54 Å². The number of esters is 1. The Morgan fingerprint density at radius 2 is 2.10 bits per heavy atom. The van der Waals surface area contributed by atoms with Crippen LogP contribution in [0, 0.1) is 0 Å². The van der Waals surface area contributed by atoms with Gasteiger partial charge >= 0.3 is 5.97 Å². The van der Waals surface area contributed by atoms with Crippen LogP contribution in [-0.2, 0) is 16.1 Å². The Morgan fingerprint density at radius 1 is 1.33 bits per heavy atom. The van der Waals surface area contributed by atoms with E-state index in [2.05, 4.69) is 34.5 Å². The zero-order chi connectivity index (χ0) is 15.1. The molecule has 1 aromatic carbocycles. The molecule has 0 saturated carbocycles. The van der Waals surface area contributed by atoms with Crippen molar-refractivity contribution in [2.24, 2.45) is 0 Å². The highest BCUT2D eigenvalue weighted by atomic mass is 16.5. The molecule has 1 atom stereocenters. The number of benzene rings is 1. The van der Waals surface area contributed by atoms with Crippen molar-refractivity contribution in [3.05, 3.63) is 35.9 Å². The molecule has 1 aliphatic heterocycles. The lowest BCUT2D eigenvalue weighted by Gasteiger charge is -2.41. The summed E-state index contributed by atoms with van der Waals surface area (Å²) >= 11 is 0. The SMILES string of the molecule is CCNC1(C(=O)OCC)CCCN(Cc2ccccc2)C1. The highest BCUT2D eigenvalue weighted by Crippen LogP contribution is 2.24. The third-order valence-corrected chi connectivity index (χ3v) is 4.00. The van der Waals surface area contributed by atoms with E-state index in [-0.39, 0.29) is 5.97 Å². The number of hydrogen-bond acceptors (Lipinski definition) is 4. The Labute approximate surface area is 127 Å². The molecule has 0 amide bonds. The largest absolute Gasteiger partial charge is 0.465 e. The van der Waals surface area contributed by atoms with Crippen molar-refractivity contribution < 1.29 is 9.53 Å². The van der Waals surface area contributed by atoms with Gasteiger partial charge in [0.2, 0.25) is 0 Å². The monoisotopic (exact) mass is 290 g/mol. The van der Waals surface area contributed by atoms with Gasteiger partial charge in [0.05, 0.1) is 6.61 Å². The number of piperidine rings is 1. The third kappa shape index (κ3) is 4.05. The van der Waals surface area contributed by atoms with Gasteiger partial charge in [0, 0.05) is 13.1 Å². The van der Waals surface area contributed by atoms with Crippen LogP contribution in [0.1, 0.15) is 32.3 Å². The summed E-state index contributed by atoms with van der Waals surface area (Å²) in [6.45, 7) is 7.74. The first-order chi connectivity index (χ1) is 10.2. The van der Waals surface area contributed by atoms with Gasteiger partial charge in [-0.25, -0.2) is 4.79 Å². The molecule has 4 heteroatoms. The summed E-state index contributed by atoms with van der Waals surface area (Å²) in [4.78, 5) is 14.7. The van der Waals surface area contributed by atoms with E-state index in [1.54, 1.807) is 0 Å². The lowest BCUT2D eigenvalue weighted by atomic mass is 9.88. The van der Waals surface area contributed by atoms with Gasteiger partial charge in [0.25, 0.3) is 0 Å². The molecule has 1 aromatic rings. The number of rotatable bonds is 6. The smallest absolute Gasteiger partial charge is 0.327 e. The molecule has 1 aliphatic rings. The van der Waals surface area contributed by atoms with Crippen LogP contribution in [0.5, 0.6) is 0 Å². The van der Waals surface area contributed by atoms with E-state index in [9.17, 15) is 4.79 Å². The van der Waals surface area contributed by atoms with E-state index in [1.165, 1.54) is 5.56 Å². The minimum atomic E-state index is -0.544. The molecule has 0 bridgehead atoms. The Morgan fingerprint density at radius 3 is 2.76 bits per heavy atom. The van der Waals surface area contributed by atoms with Crippen molar-refractivity contribution in [3.8, 4) is 0 Å². The normalized spacial score (nSPS) is 23.0. The molecule has 1 fully saturated rings. The quantitative estimate of drug-likeness (QED) is 0.816. The summed E-state index contributed by atoms with van der Waals surface area (Å²) in [5, 5.41) is 3.38. The fraction of sp³-hybridized carbons (Fsp3) is 0.588.